The predicted molar refractivity (Wildman–Crippen MR) is 67.1 cm³/mol. The zero-order valence-corrected chi connectivity index (χ0v) is 10.2. The number of benzene rings is 2. The van der Waals surface area contributed by atoms with Gasteiger partial charge in [-0.3, -0.25) is 0 Å². The smallest absolute Gasteiger partial charge is 0.123 e. The molecule has 2 aromatic carbocycles. The van der Waals surface area contributed by atoms with E-state index in [2.05, 4.69) is 0 Å². The number of halogens is 2. The Balaban J connectivity index is 2.08. The van der Waals surface area contributed by atoms with E-state index in [1.54, 1.807) is 36.0 Å². The minimum absolute atomic E-state index is 0.209. The summed E-state index contributed by atoms with van der Waals surface area (Å²) in [6, 6.07) is 12.8. The second-order valence-electron chi connectivity index (χ2n) is 3.77. The molecule has 1 unspecified atom stereocenters. The summed E-state index contributed by atoms with van der Waals surface area (Å²) in [6.45, 7) is 2.04. The monoisotopic (exact) mass is 250 g/mol. The summed E-state index contributed by atoms with van der Waals surface area (Å²) in [5, 5.41) is 0.209. The summed E-state index contributed by atoms with van der Waals surface area (Å²) in [5.41, 5.74) is 1.06. The van der Waals surface area contributed by atoms with E-state index in [0.29, 0.717) is 0 Å². The standard InChI is InChI=1S/C14H12F2S/c1-10(11-2-4-12(15)5-3-11)17-14-8-6-13(16)7-9-14/h2-10H,1H3. The Morgan fingerprint density at radius 2 is 1.29 bits per heavy atom. The fourth-order valence-electron chi connectivity index (χ4n) is 1.52. The van der Waals surface area contributed by atoms with Crippen LogP contribution in [0.2, 0.25) is 0 Å². The highest BCUT2D eigenvalue weighted by atomic mass is 32.2. The Labute approximate surface area is 104 Å². The molecular formula is C14H12F2S. The van der Waals surface area contributed by atoms with Crippen LogP contribution in [0.15, 0.2) is 53.4 Å². The maximum Gasteiger partial charge on any atom is 0.123 e. The normalized spacial score (nSPS) is 12.4. The molecule has 1 atom stereocenters. The van der Waals surface area contributed by atoms with Gasteiger partial charge < -0.3 is 0 Å². The Morgan fingerprint density at radius 3 is 1.82 bits per heavy atom. The molecular weight excluding hydrogens is 238 g/mol. The van der Waals surface area contributed by atoms with E-state index in [4.69, 9.17) is 0 Å². The summed E-state index contributed by atoms with van der Waals surface area (Å²) >= 11 is 1.62. The molecule has 17 heavy (non-hydrogen) atoms. The highest BCUT2D eigenvalue weighted by molar-refractivity contribution is 7.99. The Bertz CT molecular complexity index is 477. The van der Waals surface area contributed by atoms with Gasteiger partial charge in [0.15, 0.2) is 0 Å². The third-order valence-electron chi connectivity index (χ3n) is 2.47. The van der Waals surface area contributed by atoms with Crippen molar-refractivity contribution in [2.75, 3.05) is 0 Å². The predicted octanol–water partition coefficient (Wildman–Crippen LogP) is 4.82. The summed E-state index contributed by atoms with van der Waals surface area (Å²) in [6.07, 6.45) is 0. The van der Waals surface area contributed by atoms with Crippen LogP contribution in [0.25, 0.3) is 0 Å². The molecule has 0 radical (unpaired) electrons. The van der Waals surface area contributed by atoms with Gasteiger partial charge >= 0.3 is 0 Å². The van der Waals surface area contributed by atoms with Crippen molar-refractivity contribution >= 4 is 11.8 Å². The molecule has 0 saturated heterocycles. The highest BCUT2D eigenvalue weighted by Gasteiger charge is 2.07. The maximum atomic E-state index is 12.8. The largest absolute Gasteiger partial charge is 0.207 e. The van der Waals surface area contributed by atoms with Crippen molar-refractivity contribution in [2.24, 2.45) is 0 Å². The van der Waals surface area contributed by atoms with E-state index in [1.807, 2.05) is 6.92 Å². The van der Waals surface area contributed by atoms with Crippen molar-refractivity contribution in [1.29, 1.82) is 0 Å². The van der Waals surface area contributed by atoms with Crippen molar-refractivity contribution in [2.45, 2.75) is 17.1 Å². The SMILES string of the molecule is CC(Sc1ccc(F)cc1)c1ccc(F)cc1. The van der Waals surface area contributed by atoms with Gasteiger partial charge in [-0.25, -0.2) is 8.78 Å². The number of rotatable bonds is 3. The summed E-state index contributed by atoms with van der Waals surface area (Å²) in [4.78, 5) is 1.00. The van der Waals surface area contributed by atoms with Gasteiger partial charge in [0.25, 0.3) is 0 Å². The molecule has 2 aromatic rings. The van der Waals surface area contributed by atoms with Gasteiger partial charge in [-0.05, 0) is 48.9 Å². The summed E-state index contributed by atoms with van der Waals surface area (Å²) in [5.74, 6) is -0.462. The average molecular weight is 250 g/mol. The first kappa shape index (κ1) is 12.1. The molecule has 0 aliphatic carbocycles. The van der Waals surface area contributed by atoms with Gasteiger partial charge in [-0.2, -0.15) is 0 Å². The van der Waals surface area contributed by atoms with Crippen LogP contribution in [0, 0.1) is 11.6 Å². The van der Waals surface area contributed by atoms with Gasteiger partial charge in [0.2, 0.25) is 0 Å². The quantitative estimate of drug-likeness (QED) is 0.704. The summed E-state index contributed by atoms with van der Waals surface area (Å²) < 4.78 is 25.5. The van der Waals surface area contributed by atoms with Crippen LogP contribution in [-0.4, -0.2) is 0 Å². The molecule has 3 heteroatoms. The minimum Gasteiger partial charge on any atom is -0.207 e. The van der Waals surface area contributed by atoms with Gasteiger partial charge in [0, 0.05) is 10.1 Å². The molecule has 88 valence electrons. The molecule has 0 heterocycles. The average Bonchev–Trinajstić information content (AvgIpc) is 2.33. The van der Waals surface area contributed by atoms with Crippen LogP contribution in [0.1, 0.15) is 17.7 Å². The third kappa shape index (κ3) is 3.30. The minimum atomic E-state index is -0.233. The van der Waals surface area contributed by atoms with E-state index in [0.717, 1.165) is 10.5 Å². The first-order chi connectivity index (χ1) is 8.15. The Morgan fingerprint density at radius 1 is 0.824 bits per heavy atom. The van der Waals surface area contributed by atoms with Crippen LogP contribution in [-0.2, 0) is 0 Å². The van der Waals surface area contributed by atoms with Crippen LogP contribution >= 0.6 is 11.8 Å². The van der Waals surface area contributed by atoms with Crippen molar-refractivity contribution in [3.05, 3.63) is 65.7 Å². The lowest BCUT2D eigenvalue weighted by Crippen LogP contribution is -1.88. The van der Waals surface area contributed by atoms with E-state index in [1.165, 1.54) is 24.3 Å². The number of thioether (sulfide) groups is 1. The second kappa shape index (κ2) is 5.32. The van der Waals surface area contributed by atoms with Gasteiger partial charge in [0.1, 0.15) is 11.6 Å². The number of hydrogen-bond acceptors (Lipinski definition) is 1. The molecule has 0 N–H and O–H groups in total. The molecule has 0 aromatic heterocycles. The van der Waals surface area contributed by atoms with Crippen molar-refractivity contribution in [3.63, 3.8) is 0 Å². The van der Waals surface area contributed by atoms with E-state index in [-0.39, 0.29) is 16.9 Å². The molecule has 2 rings (SSSR count). The Hall–Kier alpha value is -1.35. The van der Waals surface area contributed by atoms with Crippen LogP contribution in [0.3, 0.4) is 0 Å². The lowest BCUT2D eigenvalue weighted by Gasteiger charge is -2.11. The molecule has 0 nitrogen and oxygen atoms in total. The Kier molecular flexibility index (Phi) is 3.79. The van der Waals surface area contributed by atoms with Crippen LogP contribution < -0.4 is 0 Å². The third-order valence-corrected chi connectivity index (χ3v) is 3.64. The highest BCUT2D eigenvalue weighted by Crippen LogP contribution is 2.34. The molecule has 0 spiro atoms. The fraction of sp³-hybridized carbons (Fsp3) is 0.143. The maximum absolute atomic E-state index is 12.8. The van der Waals surface area contributed by atoms with Crippen molar-refractivity contribution < 1.29 is 8.78 Å². The van der Waals surface area contributed by atoms with Gasteiger partial charge in [-0.15, -0.1) is 11.8 Å². The number of hydrogen-bond donors (Lipinski definition) is 0. The van der Waals surface area contributed by atoms with Crippen LogP contribution in [0.5, 0.6) is 0 Å². The molecule has 0 aliphatic rings. The van der Waals surface area contributed by atoms with Crippen molar-refractivity contribution in [3.8, 4) is 0 Å². The van der Waals surface area contributed by atoms with E-state index >= 15 is 0 Å². The molecule has 0 saturated carbocycles. The zero-order valence-electron chi connectivity index (χ0n) is 9.36. The molecule has 0 amide bonds. The van der Waals surface area contributed by atoms with E-state index in [9.17, 15) is 8.78 Å². The summed E-state index contributed by atoms with van der Waals surface area (Å²) in [7, 11) is 0. The first-order valence-corrected chi connectivity index (χ1v) is 6.21. The fourth-order valence-corrected chi connectivity index (χ4v) is 2.51. The topological polar surface area (TPSA) is 0 Å². The second-order valence-corrected chi connectivity index (χ2v) is 5.18. The van der Waals surface area contributed by atoms with Crippen molar-refractivity contribution in [1.82, 2.24) is 0 Å². The lowest BCUT2D eigenvalue weighted by atomic mass is 10.2. The molecule has 0 aliphatic heterocycles. The molecule has 0 fully saturated rings. The lowest BCUT2D eigenvalue weighted by molar-refractivity contribution is 0.626. The van der Waals surface area contributed by atoms with Gasteiger partial charge in [-0.1, -0.05) is 12.1 Å². The van der Waals surface area contributed by atoms with Crippen LogP contribution in [0.4, 0.5) is 8.78 Å². The van der Waals surface area contributed by atoms with Gasteiger partial charge in [0.05, 0.1) is 0 Å². The van der Waals surface area contributed by atoms with E-state index < -0.39 is 0 Å². The molecule has 0 bridgehead atoms. The zero-order chi connectivity index (χ0) is 12.3. The first-order valence-electron chi connectivity index (χ1n) is 5.33.